The summed E-state index contributed by atoms with van der Waals surface area (Å²) in [7, 11) is 0. The molecule has 0 bridgehead atoms. The number of aromatic amines is 1. The Kier molecular flexibility index (Phi) is 2.34. The minimum absolute atomic E-state index is 0.152. The summed E-state index contributed by atoms with van der Waals surface area (Å²) in [5, 5.41) is 10.7. The predicted molar refractivity (Wildman–Crippen MR) is 69.5 cm³/mol. The lowest BCUT2D eigenvalue weighted by Crippen LogP contribution is -2.06. The lowest BCUT2D eigenvalue weighted by molar-refractivity contribution is 0.475. The molecule has 0 aliphatic carbocycles. The van der Waals surface area contributed by atoms with Gasteiger partial charge in [0.2, 0.25) is 0 Å². The molecule has 0 unspecified atom stereocenters. The van der Waals surface area contributed by atoms with Gasteiger partial charge in [-0.15, -0.1) is 0 Å². The Morgan fingerprint density at radius 1 is 1.06 bits per heavy atom. The van der Waals surface area contributed by atoms with Gasteiger partial charge in [-0.05, 0) is 29.1 Å². The summed E-state index contributed by atoms with van der Waals surface area (Å²) in [4.78, 5) is 18.3. The van der Waals surface area contributed by atoms with Gasteiger partial charge >= 0.3 is 0 Å². The molecule has 0 amide bonds. The Bertz CT molecular complexity index is 761. The van der Waals surface area contributed by atoms with Crippen LogP contribution in [0.4, 0.5) is 0 Å². The lowest BCUT2D eigenvalue weighted by atomic mass is 10.0. The van der Waals surface area contributed by atoms with E-state index in [1.807, 2.05) is 18.2 Å². The van der Waals surface area contributed by atoms with Crippen molar-refractivity contribution in [1.29, 1.82) is 0 Å². The van der Waals surface area contributed by atoms with E-state index in [4.69, 9.17) is 0 Å². The van der Waals surface area contributed by atoms with Crippen molar-refractivity contribution in [3.05, 3.63) is 59.3 Å². The zero-order chi connectivity index (χ0) is 12.5. The lowest BCUT2D eigenvalue weighted by Gasteiger charge is -2.05. The van der Waals surface area contributed by atoms with Gasteiger partial charge in [0.15, 0.2) is 0 Å². The number of phenolic OH excluding ortho intramolecular Hbond substituents is 1. The van der Waals surface area contributed by atoms with E-state index in [-0.39, 0.29) is 11.3 Å². The van der Waals surface area contributed by atoms with E-state index in [2.05, 4.69) is 9.97 Å². The summed E-state index contributed by atoms with van der Waals surface area (Å²) in [6, 6.07) is 8.67. The van der Waals surface area contributed by atoms with Gasteiger partial charge in [0.25, 0.3) is 5.56 Å². The molecule has 0 saturated heterocycles. The maximum atomic E-state index is 11.7. The topological polar surface area (TPSA) is 66.0 Å². The Morgan fingerprint density at radius 2 is 1.83 bits per heavy atom. The van der Waals surface area contributed by atoms with Crippen molar-refractivity contribution in [3.63, 3.8) is 0 Å². The van der Waals surface area contributed by atoms with E-state index in [0.29, 0.717) is 5.39 Å². The number of hydrogen-bond acceptors (Lipinski definition) is 3. The highest BCUT2D eigenvalue weighted by atomic mass is 16.3. The summed E-state index contributed by atoms with van der Waals surface area (Å²) < 4.78 is 0. The number of rotatable bonds is 1. The highest BCUT2D eigenvalue weighted by Gasteiger charge is 2.06. The van der Waals surface area contributed by atoms with Crippen LogP contribution in [0.25, 0.3) is 21.9 Å². The highest BCUT2D eigenvalue weighted by Crippen LogP contribution is 2.26. The van der Waals surface area contributed by atoms with Crippen molar-refractivity contribution in [2.45, 2.75) is 0 Å². The molecule has 0 aliphatic rings. The van der Waals surface area contributed by atoms with Gasteiger partial charge < -0.3 is 10.1 Å². The van der Waals surface area contributed by atoms with Crippen LogP contribution in [0.15, 0.2) is 53.7 Å². The second kappa shape index (κ2) is 4.00. The number of aromatic hydroxyl groups is 1. The van der Waals surface area contributed by atoms with Crippen LogP contribution in [0, 0.1) is 0 Å². The van der Waals surface area contributed by atoms with Gasteiger partial charge in [0, 0.05) is 24.2 Å². The van der Waals surface area contributed by atoms with E-state index >= 15 is 0 Å². The molecule has 0 saturated carbocycles. The quantitative estimate of drug-likeness (QED) is 0.683. The Balaban J connectivity index is 2.33. The molecule has 88 valence electrons. The minimum atomic E-state index is -0.152. The van der Waals surface area contributed by atoms with Crippen LogP contribution in [-0.4, -0.2) is 15.1 Å². The number of phenols is 1. The van der Waals surface area contributed by atoms with Gasteiger partial charge in [-0.2, -0.15) is 0 Å². The summed E-state index contributed by atoms with van der Waals surface area (Å²) in [6.07, 6.45) is 4.89. The summed E-state index contributed by atoms with van der Waals surface area (Å²) in [5.41, 5.74) is 1.69. The number of pyridine rings is 2. The monoisotopic (exact) mass is 238 g/mol. The molecular formula is C14H10N2O2. The van der Waals surface area contributed by atoms with E-state index in [0.717, 1.165) is 16.5 Å². The third-order valence-corrected chi connectivity index (χ3v) is 2.88. The first kappa shape index (κ1) is 10.5. The molecule has 2 aromatic heterocycles. The molecule has 0 atom stereocenters. The fraction of sp³-hybridized carbons (Fsp3) is 0. The summed E-state index contributed by atoms with van der Waals surface area (Å²) in [5.74, 6) is 0.217. The largest absolute Gasteiger partial charge is 0.508 e. The van der Waals surface area contributed by atoms with Crippen LogP contribution in [0.2, 0.25) is 0 Å². The van der Waals surface area contributed by atoms with Crippen molar-refractivity contribution in [2.75, 3.05) is 0 Å². The summed E-state index contributed by atoms with van der Waals surface area (Å²) in [6.45, 7) is 0. The second-order valence-corrected chi connectivity index (χ2v) is 4.00. The van der Waals surface area contributed by atoms with Crippen LogP contribution in [-0.2, 0) is 0 Å². The Labute approximate surface area is 103 Å². The number of aromatic nitrogens is 2. The van der Waals surface area contributed by atoms with Crippen molar-refractivity contribution in [2.24, 2.45) is 0 Å². The zero-order valence-corrected chi connectivity index (χ0v) is 9.42. The van der Waals surface area contributed by atoms with E-state index in [9.17, 15) is 9.90 Å². The van der Waals surface area contributed by atoms with Gasteiger partial charge in [0.05, 0.1) is 5.39 Å². The average Bonchev–Trinajstić information content (AvgIpc) is 2.41. The molecule has 2 N–H and O–H groups in total. The van der Waals surface area contributed by atoms with E-state index < -0.39 is 0 Å². The van der Waals surface area contributed by atoms with Crippen LogP contribution in [0.5, 0.6) is 5.75 Å². The maximum Gasteiger partial charge on any atom is 0.257 e. The number of nitrogens with one attached hydrogen (secondary N) is 1. The van der Waals surface area contributed by atoms with Crippen LogP contribution >= 0.6 is 0 Å². The normalized spacial score (nSPS) is 10.7. The molecule has 0 spiro atoms. The number of H-pyrrole nitrogens is 1. The van der Waals surface area contributed by atoms with Crippen LogP contribution in [0.1, 0.15) is 0 Å². The molecule has 0 radical (unpaired) electrons. The average molecular weight is 238 g/mol. The first-order valence-corrected chi connectivity index (χ1v) is 5.50. The number of benzene rings is 1. The van der Waals surface area contributed by atoms with Gasteiger partial charge in [0.1, 0.15) is 5.75 Å². The molecule has 4 heteroatoms. The molecule has 3 aromatic rings. The molecule has 0 aliphatic heterocycles. The van der Waals surface area contributed by atoms with Crippen molar-refractivity contribution >= 4 is 10.8 Å². The fourth-order valence-electron chi connectivity index (χ4n) is 1.98. The Morgan fingerprint density at radius 3 is 2.61 bits per heavy atom. The van der Waals surface area contributed by atoms with Gasteiger partial charge in [-0.1, -0.05) is 12.1 Å². The smallest absolute Gasteiger partial charge is 0.257 e. The van der Waals surface area contributed by atoms with Crippen molar-refractivity contribution < 1.29 is 5.11 Å². The molecule has 1 aromatic carbocycles. The first-order valence-electron chi connectivity index (χ1n) is 5.50. The first-order chi connectivity index (χ1) is 8.75. The number of hydrogen-bond donors (Lipinski definition) is 2. The molecule has 0 fully saturated rings. The third kappa shape index (κ3) is 1.64. The molecule has 4 nitrogen and oxygen atoms in total. The van der Waals surface area contributed by atoms with Crippen LogP contribution < -0.4 is 5.56 Å². The van der Waals surface area contributed by atoms with Gasteiger partial charge in [-0.25, -0.2) is 0 Å². The zero-order valence-electron chi connectivity index (χ0n) is 9.42. The fourth-order valence-corrected chi connectivity index (χ4v) is 1.98. The van der Waals surface area contributed by atoms with Crippen molar-refractivity contribution in [1.82, 2.24) is 9.97 Å². The molecule has 18 heavy (non-hydrogen) atoms. The molecule has 3 rings (SSSR count). The SMILES string of the molecule is O=c1[nH]cc(-c2ccc(O)cc2)c2ccncc12. The second-order valence-electron chi connectivity index (χ2n) is 4.00. The van der Waals surface area contributed by atoms with E-state index in [1.54, 1.807) is 30.7 Å². The summed E-state index contributed by atoms with van der Waals surface area (Å²) >= 11 is 0. The van der Waals surface area contributed by atoms with Crippen molar-refractivity contribution in [3.8, 4) is 16.9 Å². The minimum Gasteiger partial charge on any atom is -0.508 e. The Hall–Kier alpha value is -2.62. The third-order valence-electron chi connectivity index (χ3n) is 2.88. The van der Waals surface area contributed by atoms with E-state index in [1.165, 1.54) is 0 Å². The number of fused-ring (bicyclic) bond motifs is 1. The predicted octanol–water partition coefficient (Wildman–Crippen LogP) is 2.30. The van der Waals surface area contributed by atoms with Gasteiger partial charge in [-0.3, -0.25) is 9.78 Å². The molecular weight excluding hydrogens is 228 g/mol. The maximum absolute atomic E-state index is 11.7. The standard InChI is InChI=1S/C14H10N2O2/c17-10-3-1-9(2-4-10)12-8-16-14(18)13-7-15-6-5-11(12)13/h1-8,17H,(H,16,18). The highest BCUT2D eigenvalue weighted by molar-refractivity contribution is 5.95. The molecule has 2 heterocycles. The van der Waals surface area contributed by atoms with Crippen LogP contribution in [0.3, 0.4) is 0 Å². The number of nitrogens with zero attached hydrogens (tertiary/aromatic N) is 1.